The Balaban J connectivity index is 2.78. The van der Waals surface area contributed by atoms with Crippen molar-refractivity contribution in [2.24, 2.45) is 0 Å². The summed E-state index contributed by atoms with van der Waals surface area (Å²) in [5.74, 6) is 0.264. The Morgan fingerprint density at radius 2 is 2.12 bits per heavy atom. The van der Waals surface area contributed by atoms with Gasteiger partial charge in [-0.25, -0.2) is 0 Å². The lowest BCUT2D eigenvalue weighted by Crippen LogP contribution is -2.00. The third kappa shape index (κ3) is 3.35. The normalized spacial score (nSPS) is 10.4. The monoisotopic (exact) mass is 222 g/mol. The molecule has 0 heterocycles. The molecule has 3 nitrogen and oxygen atoms in total. The summed E-state index contributed by atoms with van der Waals surface area (Å²) in [6, 6.07) is 4.90. The first-order valence-corrected chi connectivity index (χ1v) is 5.61. The number of carbonyl (C=O) groups is 1. The zero-order chi connectivity index (χ0) is 12.0. The van der Waals surface area contributed by atoms with E-state index in [2.05, 4.69) is 0 Å². The van der Waals surface area contributed by atoms with Gasteiger partial charge >= 0.3 is 0 Å². The Labute approximate surface area is 96.1 Å². The molecule has 0 fully saturated rings. The predicted octanol–water partition coefficient (Wildman–Crippen LogP) is 2.91. The van der Waals surface area contributed by atoms with Crippen molar-refractivity contribution < 1.29 is 14.6 Å². The molecule has 1 aromatic carbocycles. The maximum absolute atomic E-state index is 11.5. The third-order valence-corrected chi connectivity index (χ3v) is 2.33. The van der Waals surface area contributed by atoms with Gasteiger partial charge in [0.25, 0.3) is 0 Å². The van der Waals surface area contributed by atoms with Crippen molar-refractivity contribution in [3.63, 3.8) is 0 Å². The van der Waals surface area contributed by atoms with Gasteiger partial charge in [0.15, 0.2) is 5.78 Å². The zero-order valence-electron chi connectivity index (χ0n) is 9.82. The second kappa shape index (κ2) is 6.28. The van der Waals surface area contributed by atoms with Gasteiger partial charge in [0.1, 0.15) is 5.75 Å². The number of benzene rings is 1. The van der Waals surface area contributed by atoms with Crippen LogP contribution in [0.4, 0.5) is 0 Å². The molecule has 0 radical (unpaired) electrons. The van der Waals surface area contributed by atoms with Gasteiger partial charge in [-0.05, 0) is 24.6 Å². The highest BCUT2D eigenvalue weighted by Gasteiger charge is 2.07. The second-order valence-electron chi connectivity index (χ2n) is 3.67. The van der Waals surface area contributed by atoms with Gasteiger partial charge in [0.2, 0.25) is 0 Å². The van der Waals surface area contributed by atoms with Crippen LogP contribution in [0.5, 0.6) is 5.75 Å². The molecule has 0 aromatic heterocycles. The SMILES string of the molecule is CCCOCc1cc(C(=O)CC)ccc1O. The van der Waals surface area contributed by atoms with Crippen LogP contribution < -0.4 is 0 Å². The van der Waals surface area contributed by atoms with E-state index in [1.807, 2.05) is 13.8 Å². The van der Waals surface area contributed by atoms with E-state index in [-0.39, 0.29) is 11.5 Å². The van der Waals surface area contributed by atoms with Crippen molar-refractivity contribution in [3.8, 4) is 5.75 Å². The number of ketones is 1. The van der Waals surface area contributed by atoms with E-state index in [9.17, 15) is 9.90 Å². The number of hydrogen-bond acceptors (Lipinski definition) is 3. The molecule has 0 aliphatic carbocycles. The summed E-state index contributed by atoms with van der Waals surface area (Å²) >= 11 is 0. The summed E-state index contributed by atoms with van der Waals surface area (Å²) in [4.78, 5) is 11.5. The minimum atomic E-state index is 0.0803. The van der Waals surface area contributed by atoms with E-state index in [4.69, 9.17) is 4.74 Å². The summed E-state index contributed by atoms with van der Waals surface area (Å²) in [6.45, 7) is 4.86. The molecule has 0 saturated carbocycles. The molecule has 0 bridgehead atoms. The molecule has 0 unspecified atom stereocenters. The summed E-state index contributed by atoms with van der Waals surface area (Å²) in [5, 5.41) is 9.60. The number of ether oxygens (including phenoxy) is 1. The molecule has 1 aromatic rings. The Morgan fingerprint density at radius 3 is 2.75 bits per heavy atom. The first kappa shape index (κ1) is 12.7. The Kier molecular flexibility index (Phi) is 4.99. The minimum absolute atomic E-state index is 0.0803. The average Bonchev–Trinajstić information content (AvgIpc) is 2.31. The average molecular weight is 222 g/mol. The van der Waals surface area contributed by atoms with Crippen LogP contribution in [-0.2, 0) is 11.3 Å². The standard InChI is InChI=1S/C13H18O3/c1-3-7-16-9-11-8-10(12(14)4-2)5-6-13(11)15/h5-6,8,15H,3-4,7,9H2,1-2H3. The van der Waals surface area contributed by atoms with Crippen molar-refractivity contribution in [3.05, 3.63) is 29.3 Å². The molecular formula is C13H18O3. The van der Waals surface area contributed by atoms with Crippen LogP contribution in [0.3, 0.4) is 0 Å². The van der Waals surface area contributed by atoms with Crippen molar-refractivity contribution in [1.82, 2.24) is 0 Å². The fraction of sp³-hybridized carbons (Fsp3) is 0.462. The summed E-state index contributed by atoms with van der Waals surface area (Å²) in [7, 11) is 0. The molecule has 0 atom stereocenters. The highest BCUT2D eigenvalue weighted by Crippen LogP contribution is 2.20. The van der Waals surface area contributed by atoms with Crippen LogP contribution in [0.25, 0.3) is 0 Å². The van der Waals surface area contributed by atoms with Crippen molar-refractivity contribution in [1.29, 1.82) is 0 Å². The number of rotatable bonds is 6. The maximum atomic E-state index is 11.5. The fourth-order valence-electron chi connectivity index (χ4n) is 1.41. The van der Waals surface area contributed by atoms with Crippen LogP contribution in [0.2, 0.25) is 0 Å². The Bertz CT molecular complexity index is 358. The zero-order valence-corrected chi connectivity index (χ0v) is 9.82. The van der Waals surface area contributed by atoms with E-state index < -0.39 is 0 Å². The number of phenolic OH excluding ortho intramolecular Hbond substituents is 1. The van der Waals surface area contributed by atoms with Crippen molar-refractivity contribution >= 4 is 5.78 Å². The first-order chi connectivity index (χ1) is 7.69. The van der Waals surface area contributed by atoms with Gasteiger partial charge in [-0.15, -0.1) is 0 Å². The largest absolute Gasteiger partial charge is 0.508 e. The van der Waals surface area contributed by atoms with Gasteiger partial charge in [0, 0.05) is 24.2 Å². The van der Waals surface area contributed by atoms with E-state index in [1.54, 1.807) is 18.2 Å². The molecule has 1 N–H and O–H groups in total. The van der Waals surface area contributed by atoms with Crippen LogP contribution in [0.15, 0.2) is 18.2 Å². The molecular weight excluding hydrogens is 204 g/mol. The van der Waals surface area contributed by atoms with Crippen LogP contribution >= 0.6 is 0 Å². The van der Waals surface area contributed by atoms with Crippen LogP contribution in [0.1, 0.15) is 42.6 Å². The molecule has 1 rings (SSSR count). The van der Waals surface area contributed by atoms with Crippen LogP contribution in [-0.4, -0.2) is 17.5 Å². The minimum Gasteiger partial charge on any atom is -0.508 e. The van der Waals surface area contributed by atoms with Crippen LogP contribution in [0, 0.1) is 0 Å². The number of Topliss-reactive ketones (excluding diaryl/α,β-unsaturated/α-hetero) is 1. The smallest absolute Gasteiger partial charge is 0.162 e. The lowest BCUT2D eigenvalue weighted by Gasteiger charge is -2.07. The summed E-state index contributed by atoms with van der Waals surface area (Å²) in [5.41, 5.74) is 1.31. The molecule has 3 heteroatoms. The Hall–Kier alpha value is -1.35. The fourth-order valence-corrected chi connectivity index (χ4v) is 1.41. The van der Waals surface area contributed by atoms with E-state index in [0.717, 1.165) is 6.42 Å². The quantitative estimate of drug-likeness (QED) is 0.594. The Morgan fingerprint density at radius 1 is 1.38 bits per heavy atom. The number of phenols is 1. The third-order valence-electron chi connectivity index (χ3n) is 2.33. The van der Waals surface area contributed by atoms with E-state index >= 15 is 0 Å². The van der Waals surface area contributed by atoms with Gasteiger partial charge in [-0.1, -0.05) is 13.8 Å². The lowest BCUT2D eigenvalue weighted by molar-refractivity contribution is 0.0987. The molecule has 0 saturated heterocycles. The summed E-state index contributed by atoms with van der Waals surface area (Å²) < 4.78 is 5.35. The van der Waals surface area contributed by atoms with E-state index in [0.29, 0.717) is 30.8 Å². The van der Waals surface area contributed by atoms with Crippen molar-refractivity contribution in [2.45, 2.75) is 33.3 Å². The molecule has 0 spiro atoms. The number of carbonyl (C=O) groups excluding carboxylic acids is 1. The van der Waals surface area contributed by atoms with Gasteiger partial charge in [-0.3, -0.25) is 4.79 Å². The first-order valence-electron chi connectivity index (χ1n) is 5.61. The lowest BCUT2D eigenvalue weighted by atomic mass is 10.1. The number of aromatic hydroxyl groups is 1. The molecule has 88 valence electrons. The van der Waals surface area contributed by atoms with E-state index in [1.165, 1.54) is 0 Å². The predicted molar refractivity (Wildman–Crippen MR) is 62.7 cm³/mol. The highest BCUT2D eigenvalue weighted by molar-refractivity contribution is 5.96. The molecule has 0 aliphatic rings. The molecule has 0 aliphatic heterocycles. The molecule has 0 amide bonds. The molecule has 16 heavy (non-hydrogen) atoms. The van der Waals surface area contributed by atoms with Crippen molar-refractivity contribution in [2.75, 3.05) is 6.61 Å². The summed E-state index contributed by atoms with van der Waals surface area (Å²) in [6.07, 6.45) is 1.41. The number of hydrogen-bond donors (Lipinski definition) is 1. The highest BCUT2D eigenvalue weighted by atomic mass is 16.5. The van der Waals surface area contributed by atoms with Gasteiger partial charge < -0.3 is 9.84 Å². The maximum Gasteiger partial charge on any atom is 0.162 e. The topological polar surface area (TPSA) is 46.5 Å². The second-order valence-corrected chi connectivity index (χ2v) is 3.67. The van der Waals surface area contributed by atoms with Gasteiger partial charge in [-0.2, -0.15) is 0 Å². The van der Waals surface area contributed by atoms with Gasteiger partial charge in [0.05, 0.1) is 6.61 Å².